The van der Waals surface area contributed by atoms with E-state index in [0.29, 0.717) is 29.2 Å². The number of ketones is 1. The van der Waals surface area contributed by atoms with Gasteiger partial charge in [0.1, 0.15) is 16.4 Å². The first-order chi connectivity index (χ1) is 11.4. The molecule has 0 aliphatic heterocycles. The van der Waals surface area contributed by atoms with Crippen LogP contribution in [0.3, 0.4) is 0 Å². The van der Waals surface area contributed by atoms with E-state index >= 15 is 0 Å². The van der Waals surface area contributed by atoms with Crippen molar-refractivity contribution in [2.24, 2.45) is 0 Å². The molecule has 0 amide bonds. The second-order valence-corrected chi connectivity index (χ2v) is 7.43. The number of aromatic nitrogens is 2. The first-order valence-electron chi connectivity index (χ1n) is 7.64. The van der Waals surface area contributed by atoms with Gasteiger partial charge in [0, 0.05) is 28.4 Å². The third-order valence-corrected chi connectivity index (χ3v) is 5.25. The molecule has 0 aliphatic carbocycles. The number of halogens is 1. The summed E-state index contributed by atoms with van der Waals surface area (Å²) in [5, 5.41) is 1.28. The summed E-state index contributed by atoms with van der Waals surface area (Å²) < 4.78 is 1.59. The quantitative estimate of drug-likeness (QED) is 0.694. The number of carbonyl (C=O) groups excluding carboxylic acids is 1. The summed E-state index contributed by atoms with van der Waals surface area (Å²) in [5.41, 5.74) is 1.76. The van der Waals surface area contributed by atoms with Crippen molar-refractivity contribution < 1.29 is 4.79 Å². The van der Waals surface area contributed by atoms with Crippen LogP contribution in [0.2, 0.25) is 5.02 Å². The van der Waals surface area contributed by atoms with Crippen molar-refractivity contribution in [1.82, 2.24) is 9.55 Å². The topological polar surface area (TPSA) is 52.0 Å². The molecule has 24 heavy (non-hydrogen) atoms. The first kappa shape index (κ1) is 16.9. The molecule has 0 spiro atoms. The van der Waals surface area contributed by atoms with Gasteiger partial charge in [0.25, 0.3) is 5.56 Å². The Morgan fingerprint density at radius 1 is 1.25 bits per heavy atom. The molecule has 0 bridgehead atoms. The fourth-order valence-corrected chi connectivity index (χ4v) is 4.00. The summed E-state index contributed by atoms with van der Waals surface area (Å²) in [7, 11) is 0. The molecule has 0 radical (unpaired) electrons. The second-order valence-electron chi connectivity index (χ2n) is 5.79. The Kier molecular flexibility index (Phi) is 4.56. The average Bonchev–Trinajstić information content (AvgIpc) is 2.83. The van der Waals surface area contributed by atoms with Crippen LogP contribution in [0, 0.1) is 13.8 Å². The molecule has 3 aromatic rings. The Balaban J connectivity index is 2.25. The molecular formula is C18H17ClN2O2S. The van der Waals surface area contributed by atoms with Crippen LogP contribution in [-0.4, -0.2) is 15.3 Å². The number of rotatable bonds is 4. The molecule has 124 valence electrons. The fraction of sp³-hybridized carbons (Fsp3) is 0.278. The van der Waals surface area contributed by atoms with Crippen LogP contribution in [0.25, 0.3) is 21.3 Å². The summed E-state index contributed by atoms with van der Waals surface area (Å²) >= 11 is 7.49. The molecule has 1 aromatic carbocycles. The smallest absolute Gasteiger partial charge is 0.262 e. The van der Waals surface area contributed by atoms with Crippen LogP contribution in [0.4, 0.5) is 0 Å². The van der Waals surface area contributed by atoms with Crippen molar-refractivity contribution in [3.63, 3.8) is 0 Å². The van der Waals surface area contributed by atoms with Gasteiger partial charge in [-0.1, -0.05) is 23.7 Å². The van der Waals surface area contributed by atoms with Gasteiger partial charge in [-0.05, 0) is 38.5 Å². The molecule has 0 fully saturated rings. The minimum atomic E-state index is -0.0898. The van der Waals surface area contributed by atoms with Gasteiger partial charge in [-0.25, -0.2) is 4.98 Å². The maximum absolute atomic E-state index is 13.0. The van der Waals surface area contributed by atoms with Crippen molar-refractivity contribution in [3.8, 4) is 11.1 Å². The van der Waals surface area contributed by atoms with Gasteiger partial charge in [-0.15, -0.1) is 11.3 Å². The van der Waals surface area contributed by atoms with Crippen LogP contribution in [0.15, 0.2) is 29.1 Å². The van der Waals surface area contributed by atoms with Crippen LogP contribution >= 0.6 is 22.9 Å². The number of fused-ring (bicyclic) bond motifs is 1. The highest BCUT2D eigenvalue weighted by Crippen LogP contribution is 2.36. The molecule has 4 nitrogen and oxygen atoms in total. The highest BCUT2D eigenvalue weighted by Gasteiger charge is 2.18. The summed E-state index contributed by atoms with van der Waals surface area (Å²) in [6, 6.07) is 7.46. The molecule has 2 heterocycles. The molecule has 0 saturated heterocycles. The minimum absolute atomic E-state index is 0.0563. The summed E-state index contributed by atoms with van der Waals surface area (Å²) in [4.78, 5) is 30.7. The van der Waals surface area contributed by atoms with E-state index in [9.17, 15) is 9.59 Å². The molecule has 0 unspecified atom stereocenters. The summed E-state index contributed by atoms with van der Waals surface area (Å²) in [6.45, 7) is 5.68. The number of aryl methyl sites for hydroxylation is 2. The van der Waals surface area contributed by atoms with Gasteiger partial charge in [0.15, 0.2) is 0 Å². The highest BCUT2D eigenvalue weighted by atomic mass is 35.5. The lowest BCUT2D eigenvalue weighted by molar-refractivity contribution is -0.117. The van der Waals surface area contributed by atoms with E-state index in [4.69, 9.17) is 11.6 Å². The van der Waals surface area contributed by atoms with Gasteiger partial charge in [-0.2, -0.15) is 0 Å². The first-order valence-corrected chi connectivity index (χ1v) is 8.84. The van der Waals surface area contributed by atoms with Crippen molar-refractivity contribution in [2.45, 2.75) is 33.7 Å². The molecule has 0 N–H and O–H groups in total. The predicted octanol–water partition coefficient (Wildman–Crippen LogP) is 4.37. The van der Waals surface area contributed by atoms with Crippen molar-refractivity contribution in [1.29, 1.82) is 0 Å². The molecule has 0 saturated carbocycles. The van der Waals surface area contributed by atoms with Gasteiger partial charge in [0.05, 0.1) is 5.39 Å². The van der Waals surface area contributed by atoms with Gasteiger partial charge in [-0.3, -0.25) is 14.2 Å². The lowest BCUT2D eigenvalue weighted by Gasteiger charge is -2.09. The number of Topliss-reactive ketones (excluding diaryl/α,β-unsaturated/α-hetero) is 1. The van der Waals surface area contributed by atoms with Crippen LogP contribution in [0.5, 0.6) is 0 Å². The summed E-state index contributed by atoms with van der Waals surface area (Å²) in [6.07, 6.45) is 0.327. The Morgan fingerprint density at radius 3 is 2.54 bits per heavy atom. The number of nitrogens with zero attached hydrogens (tertiary/aromatic N) is 2. The lowest BCUT2D eigenvalue weighted by Crippen LogP contribution is -2.24. The number of benzene rings is 1. The molecule has 3 rings (SSSR count). The standard InChI is InChI=1S/C18H17ClN2O2S/c1-10(22)8-9-21-12(3)20-17-16(18(21)23)15(11(2)24-17)13-4-6-14(19)7-5-13/h4-7H,8-9H2,1-3H3. The zero-order valence-electron chi connectivity index (χ0n) is 13.7. The number of thiophene rings is 1. The Bertz CT molecular complexity index is 987. The Labute approximate surface area is 148 Å². The number of hydrogen-bond donors (Lipinski definition) is 0. The maximum atomic E-state index is 13.0. The van der Waals surface area contributed by atoms with Crippen LogP contribution in [-0.2, 0) is 11.3 Å². The van der Waals surface area contributed by atoms with Crippen molar-refractivity contribution in [2.75, 3.05) is 0 Å². The fourth-order valence-electron chi connectivity index (χ4n) is 2.79. The minimum Gasteiger partial charge on any atom is -0.300 e. The molecular weight excluding hydrogens is 344 g/mol. The third kappa shape index (κ3) is 3.01. The third-order valence-electron chi connectivity index (χ3n) is 4.00. The van der Waals surface area contributed by atoms with E-state index in [-0.39, 0.29) is 11.3 Å². The zero-order chi connectivity index (χ0) is 17.4. The van der Waals surface area contributed by atoms with E-state index in [1.54, 1.807) is 11.5 Å². The normalized spacial score (nSPS) is 11.2. The zero-order valence-corrected chi connectivity index (χ0v) is 15.3. The van der Waals surface area contributed by atoms with Gasteiger partial charge < -0.3 is 0 Å². The lowest BCUT2D eigenvalue weighted by atomic mass is 10.0. The highest BCUT2D eigenvalue weighted by molar-refractivity contribution is 7.19. The largest absolute Gasteiger partial charge is 0.300 e. The second kappa shape index (κ2) is 6.49. The Morgan fingerprint density at radius 2 is 1.92 bits per heavy atom. The summed E-state index contributed by atoms with van der Waals surface area (Å²) in [5.74, 6) is 0.693. The van der Waals surface area contributed by atoms with Crippen LogP contribution < -0.4 is 5.56 Å². The van der Waals surface area contributed by atoms with Gasteiger partial charge in [0.2, 0.25) is 0 Å². The molecule has 2 aromatic heterocycles. The maximum Gasteiger partial charge on any atom is 0.262 e. The van der Waals surface area contributed by atoms with E-state index in [1.807, 2.05) is 31.2 Å². The van der Waals surface area contributed by atoms with E-state index in [0.717, 1.165) is 20.8 Å². The van der Waals surface area contributed by atoms with Crippen LogP contribution in [0.1, 0.15) is 24.0 Å². The molecule has 0 atom stereocenters. The average molecular weight is 361 g/mol. The van der Waals surface area contributed by atoms with E-state index < -0.39 is 0 Å². The predicted molar refractivity (Wildman–Crippen MR) is 99.1 cm³/mol. The van der Waals surface area contributed by atoms with Gasteiger partial charge >= 0.3 is 0 Å². The molecule has 6 heteroatoms. The Hall–Kier alpha value is -1.98. The SMILES string of the molecule is CC(=O)CCn1c(C)nc2sc(C)c(-c3ccc(Cl)cc3)c2c1=O. The van der Waals surface area contributed by atoms with Crippen molar-refractivity contribution >= 4 is 38.9 Å². The van der Waals surface area contributed by atoms with Crippen molar-refractivity contribution in [3.05, 3.63) is 50.3 Å². The number of hydrogen-bond acceptors (Lipinski definition) is 4. The molecule has 0 aliphatic rings. The number of carbonyl (C=O) groups is 1. The van der Waals surface area contributed by atoms with E-state index in [1.165, 1.54) is 18.3 Å². The monoisotopic (exact) mass is 360 g/mol. The van der Waals surface area contributed by atoms with E-state index in [2.05, 4.69) is 4.98 Å².